The molecule has 0 rings (SSSR count). The Morgan fingerprint density at radius 2 is 2.20 bits per heavy atom. The van der Waals surface area contributed by atoms with Crippen LogP contribution in [-0.2, 0) is 0 Å². The second-order valence-electron chi connectivity index (χ2n) is 0.432. The van der Waals surface area contributed by atoms with Crippen LogP contribution in [0.3, 0.4) is 0 Å². The van der Waals surface area contributed by atoms with Crippen LogP contribution in [-0.4, -0.2) is 0 Å². The number of hydrogen-bond donors (Lipinski definition) is 1. The van der Waals surface area contributed by atoms with Crippen molar-refractivity contribution < 1.29 is 4.39 Å². The van der Waals surface area contributed by atoms with Gasteiger partial charge in [-0.1, -0.05) is 0 Å². The van der Waals surface area contributed by atoms with Gasteiger partial charge in [-0.25, -0.2) is 0 Å². The van der Waals surface area contributed by atoms with E-state index in [4.69, 9.17) is 0 Å². The SMILES string of the molecule is F/C(S)=C\I. The Morgan fingerprint density at radius 1 is 2.00 bits per heavy atom. The Labute approximate surface area is 49.0 Å². The highest BCUT2D eigenvalue weighted by Crippen LogP contribution is 2.02. The Hall–Kier alpha value is 0.750. The molecule has 30 valence electrons. The molecule has 0 unspecified atom stereocenters. The van der Waals surface area contributed by atoms with Gasteiger partial charge in [0.2, 0.25) is 0 Å². The fraction of sp³-hybridized carbons (Fsp3) is 0. The highest BCUT2D eigenvalue weighted by molar-refractivity contribution is 14.1. The summed E-state index contributed by atoms with van der Waals surface area (Å²) in [6, 6.07) is 0. The van der Waals surface area contributed by atoms with Gasteiger partial charge in [-0.05, 0) is 22.6 Å². The summed E-state index contributed by atoms with van der Waals surface area (Å²) in [6.45, 7) is 0. The third-order valence-electron chi connectivity index (χ3n) is 0.0900. The van der Waals surface area contributed by atoms with E-state index in [0.717, 1.165) is 0 Å². The fourth-order valence-corrected chi connectivity index (χ4v) is 0. The molecule has 0 aliphatic heterocycles. The maximum absolute atomic E-state index is 11.1. The molecule has 0 spiro atoms. The minimum absolute atomic E-state index is 0.439. The lowest BCUT2D eigenvalue weighted by molar-refractivity contribution is 0.705. The largest absolute Gasteiger partial charge is 0.199 e. The van der Waals surface area contributed by atoms with Crippen LogP contribution in [0.2, 0.25) is 0 Å². The molecule has 0 aromatic heterocycles. The molecule has 0 aliphatic rings. The zero-order valence-electron chi connectivity index (χ0n) is 2.28. The van der Waals surface area contributed by atoms with Crippen molar-refractivity contribution in [1.82, 2.24) is 0 Å². The van der Waals surface area contributed by atoms with E-state index < -0.39 is 5.16 Å². The van der Waals surface area contributed by atoms with Crippen LogP contribution >= 0.6 is 35.2 Å². The summed E-state index contributed by atoms with van der Waals surface area (Å²) in [7, 11) is 0. The molecule has 0 aromatic carbocycles. The molecule has 0 fully saturated rings. The molecular weight excluding hydrogens is 202 g/mol. The van der Waals surface area contributed by atoms with Gasteiger partial charge in [0.25, 0.3) is 0 Å². The lowest BCUT2D eigenvalue weighted by Crippen LogP contribution is -1.36. The van der Waals surface area contributed by atoms with Crippen molar-refractivity contribution >= 4 is 35.2 Å². The molecule has 0 N–H and O–H groups in total. The van der Waals surface area contributed by atoms with Gasteiger partial charge in [0, 0.05) is 4.08 Å². The molecule has 0 aliphatic carbocycles. The van der Waals surface area contributed by atoms with Crippen LogP contribution in [0, 0.1) is 0 Å². The zero-order valence-corrected chi connectivity index (χ0v) is 5.33. The molecule has 0 saturated heterocycles. The monoisotopic (exact) mass is 204 g/mol. The molecule has 0 aromatic rings. The quantitative estimate of drug-likeness (QED) is 0.453. The lowest BCUT2D eigenvalue weighted by Gasteiger charge is -1.65. The summed E-state index contributed by atoms with van der Waals surface area (Å²) in [5.41, 5.74) is 0. The van der Waals surface area contributed by atoms with E-state index in [0.29, 0.717) is 0 Å². The maximum Gasteiger partial charge on any atom is 0.159 e. The maximum atomic E-state index is 11.1. The van der Waals surface area contributed by atoms with Crippen LogP contribution in [0.5, 0.6) is 0 Å². The normalized spacial score (nSPS) is 12.2. The van der Waals surface area contributed by atoms with Crippen molar-refractivity contribution in [3.63, 3.8) is 0 Å². The average molecular weight is 204 g/mol. The molecule has 0 atom stereocenters. The smallest absolute Gasteiger partial charge is 0.159 e. The minimum atomic E-state index is -0.439. The van der Waals surface area contributed by atoms with Crippen molar-refractivity contribution in [2.45, 2.75) is 0 Å². The second-order valence-corrected chi connectivity index (χ2v) is 1.48. The van der Waals surface area contributed by atoms with Gasteiger partial charge in [-0.15, -0.1) is 12.6 Å². The fourth-order valence-electron chi connectivity index (χ4n) is 0. The molecule has 0 amide bonds. The van der Waals surface area contributed by atoms with E-state index >= 15 is 0 Å². The van der Waals surface area contributed by atoms with Crippen molar-refractivity contribution in [2.24, 2.45) is 0 Å². The first kappa shape index (κ1) is 5.75. The van der Waals surface area contributed by atoms with E-state index in [1.807, 2.05) is 0 Å². The van der Waals surface area contributed by atoms with Crippen LogP contribution in [0.15, 0.2) is 9.24 Å². The first-order valence-corrected chi connectivity index (χ1v) is 2.61. The number of halogens is 2. The third kappa shape index (κ3) is 4.75. The highest BCUT2D eigenvalue weighted by Gasteiger charge is 1.70. The van der Waals surface area contributed by atoms with Crippen molar-refractivity contribution in [1.29, 1.82) is 0 Å². The van der Waals surface area contributed by atoms with Crippen LogP contribution in [0.25, 0.3) is 0 Å². The second kappa shape index (κ2) is 2.96. The summed E-state index contributed by atoms with van der Waals surface area (Å²) in [5, 5.41) is -0.439. The molecule has 0 saturated carbocycles. The van der Waals surface area contributed by atoms with Crippen molar-refractivity contribution in [3.05, 3.63) is 9.24 Å². The predicted molar refractivity (Wildman–Crippen MR) is 32.2 cm³/mol. The minimum Gasteiger partial charge on any atom is -0.199 e. The first-order valence-electron chi connectivity index (χ1n) is 0.919. The van der Waals surface area contributed by atoms with Gasteiger partial charge in [0.1, 0.15) is 0 Å². The van der Waals surface area contributed by atoms with Gasteiger partial charge in [0.05, 0.1) is 0 Å². The summed E-state index contributed by atoms with van der Waals surface area (Å²) in [5.74, 6) is 0. The van der Waals surface area contributed by atoms with Gasteiger partial charge in [-0.2, -0.15) is 4.39 Å². The lowest BCUT2D eigenvalue weighted by atomic mass is 11.2. The van der Waals surface area contributed by atoms with Crippen LogP contribution < -0.4 is 0 Å². The molecular formula is C2H2FIS. The van der Waals surface area contributed by atoms with E-state index in [2.05, 4.69) is 12.6 Å². The van der Waals surface area contributed by atoms with E-state index in [1.54, 1.807) is 22.6 Å². The molecule has 0 radical (unpaired) electrons. The molecule has 0 heterocycles. The summed E-state index contributed by atoms with van der Waals surface area (Å²) < 4.78 is 12.4. The van der Waals surface area contributed by atoms with Gasteiger partial charge in [0.15, 0.2) is 5.16 Å². The van der Waals surface area contributed by atoms with Gasteiger partial charge < -0.3 is 0 Å². The Kier molecular flexibility index (Phi) is 3.40. The Bertz CT molecular complexity index is 47.6. The Morgan fingerprint density at radius 3 is 2.20 bits per heavy atom. The molecule has 0 nitrogen and oxygen atoms in total. The van der Waals surface area contributed by atoms with E-state index in [1.165, 1.54) is 4.08 Å². The van der Waals surface area contributed by atoms with Gasteiger partial charge >= 0.3 is 0 Å². The Balaban J connectivity index is 3.14. The average Bonchev–Trinajstić information content (AvgIpc) is 1.38. The predicted octanol–water partition coefficient (Wildman–Crippen LogP) is 2.12. The molecule has 3 heteroatoms. The summed E-state index contributed by atoms with van der Waals surface area (Å²) in [6.07, 6.45) is 0. The molecule has 0 bridgehead atoms. The zero-order chi connectivity index (χ0) is 4.28. The van der Waals surface area contributed by atoms with Crippen molar-refractivity contribution in [3.8, 4) is 0 Å². The highest BCUT2D eigenvalue weighted by atomic mass is 127. The number of hydrogen-bond acceptors (Lipinski definition) is 1. The van der Waals surface area contributed by atoms with Gasteiger partial charge in [-0.3, -0.25) is 0 Å². The standard InChI is InChI=1S/C2H2FIS/c3-2(5)1-4/h1,5H/b2-1+. The van der Waals surface area contributed by atoms with Crippen LogP contribution in [0.1, 0.15) is 0 Å². The topological polar surface area (TPSA) is 0 Å². The van der Waals surface area contributed by atoms with E-state index in [9.17, 15) is 4.39 Å². The summed E-state index contributed by atoms with van der Waals surface area (Å²) >= 11 is 5.05. The van der Waals surface area contributed by atoms with Crippen LogP contribution in [0.4, 0.5) is 4.39 Å². The van der Waals surface area contributed by atoms with E-state index in [-0.39, 0.29) is 0 Å². The summed E-state index contributed by atoms with van der Waals surface area (Å²) in [4.78, 5) is 0. The molecule has 5 heavy (non-hydrogen) atoms. The third-order valence-corrected chi connectivity index (χ3v) is 1.26. The number of thiol groups is 1. The number of rotatable bonds is 0. The first-order chi connectivity index (χ1) is 2.27. The van der Waals surface area contributed by atoms with Crippen molar-refractivity contribution in [2.75, 3.05) is 0 Å².